The van der Waals surface area contributed by atoms with E-state index in [1.165, 1.54) is 11.8 Å². The van der Waals surface area contributed by atoms with E-state index < -0.39 is 0 Å². The van der Waals surface area contributed by atoms with E-state index >= 15 is 0 Å². The Morgan fingerprint density at radius 2 is 1.93 bits per heavy atom. The highest BCUT2D eigenvalue weighted by atomic mass is 32.2. The van der Waals surface area contributed by atoms with Gasteiger partial charge < -0.3 is 18.6 Å². The number of hydrogen-bond acceptors (Lipinski definition) is 8. The number of para-hydroxylation sites is 1. The molecule has 0 bridgehead atoms. The number of furan rings is 1. The van der Waals surface area contributed by atoms with Gasteiger partial charge in [-0.1, -0.05) is 17.8 Å². The molecule has 2 aromatic heterocycles. The highest BCUT2D eigenvalue weighted by molar-refractivity contribution is 7.99. The second-order valence-electron chi connectivity index (χ2n) is 5.26. The zero-order valence-electron chi connectivity index (χ0n) is 15.2. The minimum absolute atomic E-state index is 0.106. The zero-order valence-corrected chi connectivity index (χ0v) is 16.0. The summed E-state index contributed by atoms with van der Waals surface area (Å²) in [6, 6.07) is 7.24. The van der Waals surface area contributed by atoms with Crippen molar-refractivity contribution in [3.63, 3.8) is 0 Å². The van der Waals surface area contributed by atoms with E-state index in [-0.39, 0.29) is 11.7 Å². The molecule has 9 heteroatoms. The molecule has 142 valence electrons. The van der Waals surface area contributed by atoms with Crippen molar-refractivity contribution in [2.75, 3.05) is 26.6 Å². The van der Waals surface area contributed by atoms with Gasteiger partial charge in [0, 0.05) is 0 Å². The molecule has 0 fully saturated rings. The van der Waals surface area contributed by atoms with Gasteiger partial charge in [0.2, 0.25) is 0 Å². The van der Waals surface area contributed by atoms with Crippen LogP contribution in [0.2, 0.25) is 0 Å². The van der Waals surface area contributed by atoms with Crippen molar-refractivity contribution in [2.24, 2.45) is 0 Å². The molecule has 0 atom stereocenters. The number of nitrogens with zero attached hydrogens (tertiary/aromatic N) is 3. The van der Waals surface area contributed by atoms with Crippen LogP contribution < -0.4 is 9.47 Å². The fourth-order valence-corrected chi connectivity index (χ4v) is 3.26. The number of benzene rings is 1. The highest BCUT2D eigenvalue weighted by Crippen LogP contribution is 2.38. The summed E-state index contributed by atoms with van der Waals surface area (Å²) >= 11 is 1.22. The fourth-order valence-electron chi connectivity index (χ4n) is 2.52. The summed E-state index contributed by atoms with van der Waals surface area (Å²) in [7, 11) is 3.15. The van der Waals surface area contributed by atoms with Crippen molar-refractivity contribution in [3.8, 4) is 28.6 Å². The predicted molar refractivity (Wildman–Crippen MR) is 99.5 cm³/mol. The first-order valence-electron chi connectivity index (χ1n) is 8.17. The molecule has 27 heavy (non-hydrogen) atoms. The van der Waals surface area contributed by atoms with E-state index in [1.807, 2.05) is 18.2 Å². The van der Waals surface area contributed by atoms with E-state index in [9.17, 15) is 4.79 Å². The quantitative estimate of drug-likeness (QED) is 0.429. The summed E-state index contributed by atoms with van der Waals surface area (Å²) in [5.74, 6) is 1.48. The zero-order chi connectivity index (χ0) is 19.2. The van der Waals surface area contributed by atoms with E-state index in [0.29, 0.717) is 34.8 Å². The van der Waals surface area contributed by atoms with Crippen LogP contribution >= 0.6 is 11.8 Å². The predicted octanol–water partition coefficient (Wildman–Crippen LogP) is 3.20. The topological polar surface area (TPSA) is 88.6 Å². The Labute approximate surface area is 160 Å². The maximum atomic E-state index is 11.8. The first kappa shape index (κ1) is 18.8. The Bertz CT molecular complexity index is 886. The van der Waals surface area contributed by atoms with Crippen molar-refractivity contribution in [3.05, 3.63) is 36.8 Å². The number of aromatic nitrogens is 3. The number of carbonyl (C=O) groups excluding carboxylic acids is 1. The molecule has 0 aliphatic carbocycles. The molecule has 3 aromatic rings. The Morgan fingerprint density at radius 1 is 1.19 bits per heavy atom. The first-order chi connectivity index (χ1) is 13.2. The van der Waals surface area contributed by atoms with Gasteiger partial charge in [-0.05, 0) is 25.1 Å². The summed E-state index contributed by atoms with van der Waals surface area (Å²) in [5, 5.41) is 9.03. The maximum Gasteiger partial charge on any atom is 0.316 e. The summed E-state index contributed by atoms with van der Waals surface area (Å²) in [6.45, 7) is 2.09. The highest BCUT2D eigenvalue weighted by Gasteiger charge is 2.23. The van der Waals surface area contributed by atoms with Gasteiger partial charge in [-0.2, -0.15) is 0 Å². The van der Waals surface area contributed by atoms with E-state index in [1.54, 1.807) is 44.3 Å². The second kappa shape index (κ2) is 8.63. The molecular formula is C18H19N3O5S. The average Bonchev–Trinajstić information content (AvgIpc) is 3.35. The van der Waals surface area contributed by atoms with Crippen LogP contribution in [-0.2, 0) is 9.53 Å². The van der Waals surface area contributed by atoms with Gasteiger partial charge in [-0.25, -0.2) is 0 Å². The normalized spacial score (nSPS) is 10.6. The molecule has 0 amide bonds. The van der Waals surface area contributed by atoms with E-state index in [2.05, 4.69) is 10.2 Å². The van der Waals surface area contributed by atoms with Gasteiger partial charge in [-0.15, -0.1) is 10.2 Å². The Morgan fingerprint density at radius 3 is 2.52 bits per heavy atom. The minimum Gasteiger partial charge on any atom is -0.494 e. The van der Waals surface area contributed by atoms with Gasteiger partial charge in [0.15, 0.2) is 11.0 Å². The second-order valence-corrected chi connectivity index (χ2v) is 6.20. The number of ether oxygens (including phenoxy) is 3. The molecular weight excluding hydrogens is 370 g/mol. The van der Waals surface area contributed by atoms with Gasteiger partial charge >= 0.3 is 5.97 Å². The molecule has 8 nitrogen and oxygen atoms in total. The van der Waals surface area contributed by atoms with Crippen LogP contribution in [0.25, 0.3) is 17.1 Å². The van der Waals surface area contributed by atoms with Crippen molar-refractivity contribution in [2.45, 2.75) is 12.1 Å². The molecule has 0 radical (unpaired) electrons. The lowest BCUT2D eigenvalue weighted by Crippen LogP contribution is -2.09. The van der Waals surface area contributed by atoms with Crippen LogP contribution in [0.5, 0.6) is 11.5 Å². The number of rotatable bonds is 8. The Balaban J connectivity index is 2.12. The number of hydrogen-bond donors (Lipinski definition) is 0. The van der Waals surface area contributed by atoms with E-state index in [0.717, 1.165) is 5.56 Å². The van der Waals surface area contributed by atoms with Gasteiger partial charge in [-0.3, -0.25) is 9.36 Å². The Kier molecular flexibility index (Phi) is 6.02. The molecule has 1 aromatic carbocycles. The molecule has 0 spiro atoms. The van der Waals surface area contributed by atoms with E-state index in [4.69, 9.17) is 18.6 Å². The molecule has 2 heterocycles. The van der Waals surface area contributed by atoms with Crippen molar-refractivity contribution in [1.82, 2.24) is 14.8 Å². The van der Waals surface area contributed by atoms with Gasteiger partial charge in [0.05, 0.1) is 38.4 Å². The lowest BCUT2D eigenvalue weighted by atomic mass is 10.2. The van der Waals surface area contributed by atoms with Crippen LogP contribution in [-0.4, -0.2) is 47.3 Å². The van der Waals surface area contributed by atoms with Crippen LogP contribution in [0.4, 0.5) is 0 Å². The lowest BCUT2D eigenvalue weighted by molar-refractivity contribution is -0.139. The number of methoxy groups -OCH3 is 2. The van der Waals surface area contributed by atoms with Crippen molar-refractivity contribution in [1.29, 1.82) is 0 Å². The van der Waals surface area contributed by atoms with Crippen LogP contribution in [0, 0.1) is 0 Å². The third-order valence-electron chi connectivity index (χ3n) is 3.66. The third-order valence-corrected chi connectivity index (χ3v) is 4.57. The summed E-state index contributed by atoms with van der Waals surface area (Å²) in [6.07, 6.45) is 3.13. The Hall–Kier alpha value is -2.94. The number of esters is 1. The standard InChI is InChI=1S/C18H19N3O5S/c1-4-26-15(22)11-27-18-20-19-17(12-8-9-25-10-12)21(18)16-13(23-2)6-5-7-14(16)24-3/h5-10H,4,11H2,1-3H3. The molecule has 0 unspecified atom stereocenters. The lowest BCUT2D eigenvalue weighted by Gasteiger charge is -2.16. The smallest absolute Gasteiger partial charge is 0.316 e. The van der Waals surface area contributed by atoms with Gasteiger partial charge in [0.25, 0.3) is 0 Å². The third kappa shape index (κ3) is 3.92. The summed E-state index contributed by atoms with van der Waals surface area (Å²) in [4.78, 5) is 11.8. The number of carbonyl (C=O) groups is 1. The minimum atomic E-state index is -0.325. The number of thioether (sulfide) groups is 1. The molecule has 0 N–H and O–H groups in total. The van der Waals surface area contributed by atoms with Crippen molar-refractivity contribution >= 4 is 17.7 Å². The molecule has 3 rings (SSSR count). The SMILES string of the molecule is CCOC(=O)CSc1nnc(-c2ccoc2)n1-c1c(OC)cccc1OC. The average molecular weight is 389 g/mol. The van der Waals surface area contributed by atoms with Crippen molar-refractivity contribution < 1.29 is 23.4 Å². The largest absolute Gasteiger partial charge is 0.494 e. The van der Waals surface area contributed by atoms with Crippen LogP contribution in [0.3, 0.4) is 0 Å². The fraction of sp³-hybridized carbons (Fsp3) is 0.278. The summed E-state index contributed by atoms with van der Waals surface area (Å²) in [5.41, 5.74) is 1.37. The monoisotopic (exact) mass is 389 g/mol. The first-order valence-corrected chi connectivity index (χ1v) is 9.15. The van der Waals surface area contributed by atoms with Crippen LogP contribution in [0.15, 0.2) is 46.4 Å². The molecule has 0 saturated carbocycles. The molecule has 0 saturated heterocycles. The van der Waals surface area contributed by atoms with Crippen LogP contribution in [0.1, 0.15) is 6.92 Å². The molecule has 0 aliphatic rings. The summed E-state index contributed by atoms with van der Waals surface area (Å²) < 4.78 is 23.0. The van der Waals surface area contributed by atoms with Gasteiger partial charge in [0.1, 0.15) is 23.4 Å². The maximum absolute atomic E-state index is 11.8. The molecule has 0 aliphatic heterocycles.